The first-order valence-corrected chi connectivity index (χ1v) is 8.45. The van der Waals surface area contributed by atoms with Crippen LogP contribution in [0.25, 0.3) is 11.3 Å². The van der Waals surface area contributed by atoms with Crippen molar-refractivity contribution < 1.29 is 14.3 Å². The van der Waals surface area contributed by atoms with E-state index in [-0.39, 0.29) is 12.0 Å². The average Bonchev–Trinajstić information content (AvgIpc) is 3.17. The standard InChI is InChI=1S/C17H20N2O3S/c1-10-9-12(6-7-13(10)21-3)15-11(2)23-17(18-15)19-16(20)14-5-4-8-22-14/h6-7,9,14H,4-5,8H2,1-3H3,(H,18,19,20). The molecule has 2 aromatic rings. The predicted octanol–water partition coefficient (Wildman–Crippen LogP) is 3.55. The van der Waals surface area contributed by atoms with Gasteiger partial charge in [-0.05, 0) is 50.5 Å². The molecular formula is C17H20N2O3S. The van der Waals surface area contributed by atoms with Crippen LogP contribution in [0.15, 0.2) is 18.2 Å². The summed E-state index contributed by atoms with van der Waals surface area (Å²) in [6.45, 7) is 4.67. The maximum Gasteiger partial charge on any atom is 0.255 e. The van der Waals surface area contributed by atoms with Crippen molar-refractivity contribution in [2.24, 2.45) is 0 Å². The van der Waals surface area contributed by atoms with Crippen LogP contribution in [0.1, 0.15) is 23.3 Å². The van der Waals surface area contributed by atoms with Crippen molar-refractivity contribution in [1.29, 1.82) is 0 Å². The van der Waals surface area contributed by atoms with Crippen LogP contribution in [0.3, 0.4) is 0 Å². The van der Waals surface area contributed by atoms with E-state index in [0.717, 1.165) is 40.3 Å². The molecule has 1 amide bonds. The van der Waals surface area contributed by atoms with Crippen LogP contribution >= 0.6 is 11.3 Å². The fourth-order valence-electron chi connectivity index (χ4n) is 2.71. The first-order valence-electron chi connectivity index (χ1n) is 7.63. The number of ether oxygens (including phenoxy) is 2. The number of nitrogens with zero attached hydrogens (tertiary/aromatic N) is 1. The second kappa shape index (κ2) is 6.68. The quantitative estimate of drug-likeness (QED) is 0.930. The third-order valence-electron chi connectivity index (χ3n) is 3.92. The number of aromatic nitrogens is 1. The number of hydrogen-bond acceptors (Lipinski definition) is 5. The minimum Gasteiger partial charge on any atom is -0.496 e. The summed E-state index contributed by atoms with van der Waals surface area (Å²) in [5, 5.41) is 3.49. The monoisotopic (exact) mass is 332 g/mol. The molecule has 1 atom stereocenters. The molecule has 23 heavy (non-hydrogen) atoms. The van der Waals surface area contributed by atoms with Crippen LogP contribution in [0, 0.1) is 13.8 Å². The van der Waals surface area contributed by atoms with Crippen LogP contribution in [0.5, 0.6) is 5.75 Å². The van der Waals surface area contributed by atoms with E-state index in [9.17, 15) is 4.79 Å². The maximum atomic E-state index is 12.1. The first-order chi connectivity index (χ1) is 11.1. The lowest BCUT2D eigenvalue weighted by molar-refractivity contribution is -0.124. The molecule has 1 aliphatic heterocycles. The van der Waals surface area contributed by atoms with E-state index in [1.807, 2.05) is 32.0 Å². The third-order valence-corrected chi connectivity index (χ3v) is 4.80. The van der Waals surface area contributed by atoms with Crippen LogP contribution in [-0.4, -0.2) is 30.7 Å². The summed E-state index contributed by atoms with van der Waals surface area (Å²) in [6, 6.07) is 5.97. The van der Waals surface area contributed by atoms with Crippen molar-refractivity contribution in [3.8, 4) is 17.0 Å². The van der Waals surface area contributed by atoms with Gasteiger partial charge in [-0.1, -0.05) is 0 Å². The van der Waals surface area contributed by atoms with E-state index in [2.05, 4.69) is 10.3 Å². The molecule has 1 saturated heterocycles. The number of amides is 1. The predicted molar refractivity (Wildman–Crippen MR) is 91.2 cm³/mol. The Balaban J connectivity index is 1.80. The van der Waals surface area contributed by atoms with Crippen molar-refractivity contribution in [3.63, 3.8) is 0 Å². The van der Waals surface area contributed by atoms with E-state index in [1.165, 1.54) is 11.3 Å². The van der Waals surface area contributed by atoms with Crippen molar-refractivity contribution in [2.45, 2.75) is 32.8 Å². The molecule has 1 aliphatic rings. The molecule has 6 heteroatoms. The van der Waals surface area contributed by atoms with Gasteiger partial charge in [0.05, 0.1) is 12.8 Å². The van der Waals surface area contributed by atoms with Gasteiger partial charge >= 0.3 is 0 Å². The second-order valence-corrected chi connectivity index (χ2v) is 6.80. The smallest absolute Gasteiger partial charge is 0.255 e. The van der Waals surface area contributed by atoms with Gasteiger partial charge in [0.1, 0.15) is 11.9 Å². The number of thiazole rings is 1. The molecule has 1 N–H and O–H groups in total. The average molecular weight is 332 g/mol. The number of aryl methyl sites for hydroxylation is 2. The Morgan fingerprint density at radius 1 is 1.43 bits per heavy atom. The first kappa shape index (κ1) is 16.0. The Morgan fingerprint density at radius 3 is 2.91 bits per heavy atom. The van der Waals surface area contributed by atoms with E-state index < -0.39 is 0 Å². The molecule has 0 aliphatic carbocycles. The largest absolute Gasteiger partial charge is 0.496 e. The molecular weight excluding hydrogens is 312 g/mol. The lowest BCUT2D eigenvalue weighted by Crippen LogP contribution is -2.26. The summed E-state index contributed by atoms with van der Waals surface area (Å²) >= 11 is 1.48. The van der Waals surface area contributed by atoms with E-state index in [0.29, 0.717) is 11.7 Å². The molecule has 3 rings (SSSR count). The van der Waals surface area contributed by atoms with Crippen LogP contribution < -0.4 is 10.1 Å². The molecule has 0 saturated carbocycles. The van der Waals surface area contributed by atoms with Gasteiger partial charge in [-0.3, -0.25) is 10.1 Å². The molecule has 122 valence electrons. The zero-order chi connectivity index (χ0) is 16.4. The van der Waals surface area contributed by atoms with Crippen molar-refractivity contribution in [2.75, 3.05) is 19.0 Å². The Labute approximate surface area is 139 Å². The number of benzene rings is 1. The number of nitrogens with one attached hydrogen (secondary N) is 1. The molecule has 2 heterocycles. The Morgan fingerprint density at radius 2 is 2.26 bits per heavy atom. The summed E-state index contributed by atoms with van der Waals surface area (Å²) < 4.78 is 10.7. The number of methoxy groups -OCH3 is 1. The highest BCUT2D eigenvalue weighted by molar-refractivity contribution is 7.16. The zero-order valence-corrected chi connectivity index (χ0v) is 14.3. The molecule has 1 aromatic heterocycles. The number of carbonyl (C=O) groups excluding carboxylic acids is 1. The molecule has 1 unspecified atom stereocenters. The van der Waals surface area contributed by atoms with E-state index >= 15 is 0 Å². The van der Waals surface area contributed by atoms with Gasteiger partial charge in [0, 0.05) is 17.0 Å². The fourth-order valence-corrected chi connectivity index (χ4v) is 3.55. The van der Waals surface area contributed by atoms with Gasteiger partial charge in [-0.25, -0.2) is 4.98 Å². The summed E-state index contributed by atoms with van der Waals surface area (Å²) in [6.07, 6.45) is 1.37. The fraction of sp³-hybridized carbons (Fsp3) is 0.412. The normalized spacial score (nSPS) is 17.3. The molecule has 0 radical (unpaired) electrons. The van der Waals surface area contributed by atoms with Crippen LogP contribution in [-0.2, 0) is 9.53 Å². The van der Waals surface area contributed by atoms with E-state index in [4.69, 9.17) is 9.47 Å². The summed E-state index contributed by atoms with van der Waals surface area (Å²) in [4.78, 5) is 17.8. The number of carbonyl (C=O) groups is 1. The topological polar surface area (TPSA) is 60.5 Å². The minimum absolute atomic E-state index is 0.103. The number of anilines is 1. The van der Waals surface area contributed by atoms with Crippen molar-refractivity contribution in [3.05, 3.63) is 28.6 Å². The summed E-state index contributed by atoms with van der Waals surface area (Å²) in [5.41, 5.74) is 2.97. The Hall–Kier alpha value is -1.92. The molecule has 0 spiro atoms. The summed E-state index contributed by atoms with van der Waals surface area (Å²) in [7, 11) is 1.66. The number of rotatable bonds is 4. The Bertz CT molecular complexity index is 721. The lowest BCUT2D eigenvalue weighted by atomic mass is 10.1. The van der Waals surface area contributed by atoms with Gasteiger partial charge in [-0.2, -0.15) is 0 Å². The van der Waals surface area contributed by atoms with Gasteiger partial charge in [0.2, 0.25) is 0 Å². The van der Waals surface area contributed by atoms with Gasteiger partial charge in [-0.15, -0.1) is 11.3 Å². The molecule has 1 fully saturated rings. The second-order valence-electron chi connectivity index (χ2n) is 5.60. The third kappa shape index (κ3) is 3.38. The van der Waals surface area contributed by atoms with Crippen molar-refractivity contribution in [1.82, 2.24) is 4.98 Å². The van der Waals surface area contributed by atoms with Crippen LogP contribution in [0.4, 0.5) is 5.13 Å². The zero-order valence-electron chi connectivity index (χ0n) is 13.5. The Kier molecular flexibility index (Phi) is 4.63. The minimum atomic E-state index is -0.342. The maximum absolute atomic E-state index is 12.1. The van der Waals surface area contributed by atoms with E-state index in [1.54, 1.807) is 7.11 Å². The highest BCUT2D eigenvalue weighted by Crippen LogP contribution is 2.33. The lowest BCUT2D eigenvalue weighted by Gasteiger charge is -2.08. The van der Waals surface area contributed by atoms with Gasteiger partial charge < -0.3 is 9.47 Å². The molecule has 0 bridgehead atoms. The highest BCUT2D eigenvalue weighted by Gasteiger charge is 2.24. The SMILES string of the molecule is COc1ccc(-c2nc(NC(=O)C3CCCO3)sc2C)cc1C. The van der Waals surface area contributed by atoms with Gasteiger partial charge in [0.25, 0.3) is 5.91 Å². The van der Waals surface area contributed by atoms with Crippen LogP contribution in [0.2, 0.25) is 0 Å². The molecule has 5 nitrogen and oxygen atoms in total. The summed E-state index contributed by atoms with van der Waals surface area (Å²) in [5.74, 6) is 0.752. The van der Waals surface area contributed by atoms with Crippen molar-refractivity contribution >= 4 is 22.4 Å². The van der Waals surface area contributed by atoms with Gasteiger partial charge in [0.15, 0.2) is 5.13 Å². The molecule has 1 aromatic carbocycles. The highest BCUT2D eigenvalue weighted by atomic mass is 32.1. The number of hydrogen-bond donors (Lipinski definition) is 1.